The molecule has 0 bridgehead atoms. The lowest BCUT2D eigenvalue weighted by molar-refractivity contribution is 0.304. The predicted octanol–water partition coefficient (Wildman–Crippen LogP) is -0.596. The molecule has 0 saturated carbocycles. The zero-order valence-corrected chi connectivity index (χ0v) is 11.5. The molecule has 0 atom stereocenters. The Balaban J connectivity index is 3.29. The number of nitrogens with two attached hydrogens (primary N) is 1. The third-order valence-corrected chi connectivity index (χ3v) is 5.16. The van der Waals surface area contributed by atoms with Crippen LogP contribution in [0.25, 0.3) is 0 Å². The number of likely N-dealkylation sites (N-methyl/N-ethyl adjacent to an activating group) is 1. The Morgan fingerprint density at radius 1 is 1.41 bits per heavy atom. The van der Waals surface area contributed by atoms with E-state index in [4.69, 9.17) is 10.8 Å². The molecular weight excluding hydrogens is 264 g/mol. The molecule has 1 aromatic heterocycles. The van der Waals surface area contributed by atoms with Crippen LogP contribution >= 0.6 is 11.5 Å². The van der Waals surface area contributed by atoms with Gasteiger partial charge in [0, 0.05) is 27.7 Å². The second kappa shape index (κ2) is 5.17. The van der Waals surface area contributed by atoms with Crippen LogP contribution in [0.5, 0.6) is 0 Å². The third kappa shape index (κ3) is 2.68. The van der Waals surface area contributed by atoms with Crippen LogP contribution in [0.15, 0.2) is 4.90 Å². The van der Waals surface area contributed by atoms with Crippen molar-refractivity contribution in [3.05, 3.63) is 0 Å². The van der Waals surface area contributed by atoms with Crippen LogP contribution in [0.3, 0.4) is 0 Å². The van der Waals surface area contributed by atoms with Crippen molar-refractivity contribution in [3.8, 4) is 0 Å². The monoisotopic (exact) mass is 280 g/mol. The summed E-state index contributed by atoms with van der Waals surface area (Å²) in [7, 11) is 0.919. The van der Waals surface area contributed by atoms with Crippen molar-refractivity contribution in [1.29, 1.82) is 0 Å². The van der Waals surface area contributed by atoms with Crippen molar-refractivity contribution in [1.82, 2.24) is 8.68 Å². The number of aliphatic hydroxyl groups is 1. The fourth-order valence-electron chi connectivity index (χ4n) is 1.20. The van der Waals surface area contributed by atoms with Gasteiger partial charge in [0.15, 0.2) is 10.7 Å². The van der Waals surface area contributed by atoms with Gasteiger partial charge in [-0.2, -0.15) is 4.37 Å². The second-order valence-electron chi connectivity index (χ2n) is 3.63. The van der Waals surface area contributed by atoms with Gasteiger partial charge >= 0.3 is 0 Å². The molecule has 9 heteroatoms. The van der Waals surface area contributed by atoms with Gasteiger partial charge in [0.25, 0.3) is 0 Å². The maximum absolute atomic E-state index is 12.1. The highest BCUT2D eigenvalue weighted by atomic mass is 32.2. The van der Waals surface area contributed by atoms with Crippen LogP contribution in [0.4, 0.5) is 10.8 Å². The maximum Gasteiger partial charge on any atom is 0.249 e. The van der Waals surface area contributed by atoms with E-state index in [1.165, 1.54) is 14.1 Å². The average Bonchev–Trinajstić information content (AvgIpc) is 2.60. The van der Waals surface area contributed by atoms with Gasteiger partial charge in [-0.15, -0.1) is 0 Å². The highest BCUT2D eigenvalue weighted by molar-refractivity contribution is 7.89. The highest BCUT2D eigenvalue weighted by Crippen LogP contribution is 2.35. The summed E-state index contributed by atoms with van der Waals surface area (Å²) in [6.45, 7) is 0.243. The van der Waals surface area contributed by atoms with Gasteiger partial charge in [-0.25, -0.2) is 12.7 Å². The largest absolute Gasteiger partial charge is 0.395 e. The number of aliphatic hydroxyl groups excluding tert-OH is 1. The third-order valence-electron chi connectivity index (χ3n) is 2.18. The summed E-state index contributed by atoms with van der Waals surface area (Å²) in [6.07, 6.45) is 0. The topological polar surface area (TPSA) is 99.8 Å². The first kappa shape index (κ1) is 14.2. The molecule has 7 nitrogen and oxygen atoms in total. The quantitative estimate of drug-likeness (QED) is 0.747. The average molecular weight is 280 g/mol. The Bertz CT molecular complexity index is 483. The molecule has 0 aliphatic rings. The Morgan fingerprint density at radius 2 is 2.00 bits per heavy atom. The van der Waals surface area contributed by atoms with E-state index in [0.717, 1.165) is 15.8 Å². The fraction of sp³-hybridized carbons (Fsp3) is 0.625. The molecule has 0 saturated heterocycles. The van der Waals surface area contributed by atoms with Gasteiger partial charge in [0.05, 0.1) is 6.61 Å². The number of hydrogen-bond donors (Lipinski definition) is 2. The first-order valence-corrected chi connectivity index (χ1v) is 7.03. The molecule has 0 radical (unpaired) electrons. The van der Waals surface area contributed by atoms with Crippen LogP contribution in [-0.2, 0) is 10.0 Å². The minimum absolute atomic E-state index is 0.00319. The first-order chi connectivity index (χ1) is 7.82. The predicted molar refractivity (Wildman–Crippen MR) is 67.8 cm³/mol. The van der Waals surface area contributed by atoms with Gasteiger partial charge in [0.1, 0.15) is 5.00 Å². The Morgan fingerprint density at radius 3 is 2.47 bits per heavy atom. The molecule has 3 N–H and O–H groups in total. The Kier molecular flexibility index (Phi) is 4.31. The van der Waals surface area contributed by atoms with E-state index in [1.54, 1.807) is 11.9 Å². The number of aromatic nitrogens is 1. The molecule has 1 aromatic rings. The molecule has 0 spiro atoms. The number of sulfonamides is 1. The maximum atomic E-state index is 12.1. The van der Waals surface area contributed by atoms with Gasteiger partial charge in [-0.3, -0.25) is 0 Å². The molecule has 0 aromatic carbocycles. The van der Waals surface area contributed by atoms with E-state index in [-0.39, 0.29) is 17.3 Å². The second-order valence-corrected chi connectivity index (χ2v) is 6.48. The van der Waals surface area contributed by atoms with E-state index < -0.39 is 10.0 Å². The van der Waals surface area contributed by atoms with Gasteiger partial charge in [-0.1, -0.05) is 0 Å². The van der Waals surface area contributed by atoms with E-state index in [9.17, 15) is 8.42 Å². The summed E-state index contributed by atoms with van der Waals surface area (Å²) in [6, 6.07) is 0. The lowest BCUT2D eigenvalue weighted by Gasteiger charge is -2.18. The minimum Gasteiger partial charge on any atom is -0.395 e. The van der Waals surface area contributed by atoms with E-state index in [1.807, 2.05) is 0 Å². The first-order valence-electron chi connectivity index (χ1n) is 4.82. The lowest BCUT2D eigenvalue weighted by Crippen LogP contribution is -2.27. The van der Waals surface area contributed by atoms with Crippen LogP contribution in [-0.4, -0.2) is 56.5 Å². The molecule has 0 fully saturated rings. The fourth-order valence-corrected chi connectivity index (χ4v) is 3.44. The van der Waals surface area contributed by atoms with Crippen molar-refractivity contribution in [2.75, 3.05) is 44.9 Å². The number of anilines is 2. The van der Waals surface area contributed by atoms with Crippen molar-refractivity contribution >= 4 is 32.4 Å². The Hall–Kier alpha value is -0.900. The zero-order chi connectivity index (χ0) is 13.2. The summed E-state index contributed by atoms with van der Waals surface area (Å²) in [4.78, 5) is 1.62. The van der Waals surface area contributed by atoms with E-state index >= 15 is 0 Å². The summed E-state index contributed by atoms with van der Waals surface area (Å²) in [5.74, 6) is -0.0107. The van der Waals surface area contributed by atoms with Gasteiger partial charge in [0.2, 0.25) is 10.0 Å². The van der Waals surface area contributed by atoms with E-state index in [0.29, 0.717) is 11.5 Å². The van der Waals surface area contributed by atoms with Crippen LogP contribution in [0, 0.1) is 0 Å². The normalized spacial score (nSPS) is 12.1. The molecule has 0 unspecified atom stereocenters. The van der Waals surface area contributed by atoms with Crippen LogP contribution in [0.1, 0.15) is 0 Å². The molecule has 98 valence electrons. The molecule has 1 rings (SSSR count). The minimum atomic E-state index is -3.63. The zero-order valence-electron chi connectivity index (χ0n) is 9.91. The number of hydrogen-bond acceptors (Lipinski definition) is 7. The van der Waals surface area contributed by atoms with Crippen molar-refractivity contribution in [2.24, 2.45) is 0 Å². The van der Waals surface area contributed by atoms with E-state index in [2.05, 4.69) is 4.37 Å². The molecular formula is C8H16N4O3S2. The molecule has 0 aliphatic carbocycles. The van der Waals surface area contributed by atoms with Gasteiger partial charge in [-0.05, 0) is 11.5 Å². The number of nitrogen functional groups attached to an aromatic ring is 1. The SMILES string of the molecule is CN(CCO)c1snc(N)c1S(=O)(=O)N(C)C. The highest BCUT2D eigenvalue weighted by Gasteiger charge is 2.29. The van der Waals surface area contributed by atoms with Gasteiger partial charge < -0.3 is 15.7 Å². The molecule has 17 heavy (non-hydrogen) atoms. The number of nitrogens with zero attached hydrogens (tertiary/aromatic N) is 3. The number of rotatable bonds is 5. The summed E-state index contributed by atoms with van der Waals surface area (Å²) in [5.41, 5.74) is 5.60. The lowest BCUT2D eigenvalue weighted by atomic mass is 10.5. The standard InChI is InChI=1S/C8H16N4O3S2/c1-11(2)17(14,15)6-7(9)10-16-8(6)12(3)4-5-13/h13H,4-5H2,1-3H3,(H2,9,10). The Labute approximate surface area is 105 Å². The van der Waals surface area contributed by atoms with Crippen LogP contribution < -0.4 is 10.6 Å². The summed E-state index contributed by atoms with van der Waals surface area (Å²) >= 11 is 1.00. The van der Waals surface area contributed by atoms with Crippen molar-refractivity contribution in [3.63, 3.8) is 0 Å². The van der Waals surface area contributed by atoms with Crippen LogP contribution in [0.2, 0.25) is 0 Å². The van der Waals surface area contributed by atoms with Crippen molar-refractivity contribution < 1.29 is 13.5 Å². The van der Waals surface area contributed by atoms with Crippen molar-refractivity contribution in [2.45, 2.75) is 4.90 Å². The smallest absolute Gasteiger partial charge is 0.249 e. The molecule has 0 amide bonds. The molecule has 0 aliphatic heterocycles. The summed E-state index contributed by atoms with van der Waals surface area (Å²) < 4.78 is 29.1. The molecule has 1 heterocycles. The summed E-state index contributed by atoms with van der Waals surface area (Å²) in [5, 5.41) is 9.29.